The molecule has 1 aromatic rings. The van der Waals surface area contributed by atoms with E-state index < -0.39 is 24.0 Å². The van der Waals surface area contributed by atoms with Gasteiger partial charge in [0.2, 0.25) is 5.60 Å². The molecule has 1 aromatic heterocycles. The maximum Gasteiger partial charge on any atom is 0.424 e. The van der Waals surface area contributed by atoms with E-state index in [1.807, 2.05) is 6.92 Å². The number of guanidine groups is 1. The van der Waals surface area contributed by atoms with Gasteiger partial charge in [-0.15, -0.1) is 0 Å². The first-order chi connectivity index (χ1) is 12.3. The number of aryl methyl sites for hydroxylation is 1. The predicted octanol–water partition coefficient (Wildman–Crippen LogP) is 2.70. The quantitative estimate of drug-likeness (QED) is 0.333. The van der Waals surface area contributed by atoms with E-state index >= 15 is 0 Å². The summed E-state index contributed by atoms with van der Waals surface area (Å²) in [5.41, 5.74) is -3.02. The number of imidazole rings is 1. The van der Waals surface area contributed by atoms with Crippen LogP contribution in [0.25, 0.3) is 0 Å². The molecule has 0 fully saturated rings. The molecule has 1 rings (SSSR count). The Kier molecular flexibility index (Phi) is 8.91. The zero-order chi connectivity index (χ0) is 19.6. The third kappa shape index (κ3) is 6.19. The molecule has 0 amide bonds. The van der Waals surface area contributed by atoms with Crippen molar-refractivity contribution in [3.8, 4) is 0 Å². The normalized spacial score (nSPS) is 15.0. The number of alkyl halides is 3. The lowest BCUT2D eigenvalue weighted by Gasteiger charge is -2.30. The number of unbranched alkanes of at least 4 members (excludes halogenated alkanes) is 3. The van der Waals surface area contributed by atoms with Crippen LogP contribution in [0.1, 0.15) is 51.8 Å². The monoisotopic (exact) mass is 377 g/mol. The summed E-state index contributed by atoms with van der Waals surface area (Å²) >= 11 is 0. The van der Waals surface area contributed by atoms with Gasteiger partial charge in [0.15, 0.2) is 5.96 Å². The van der Waals surface area contributed by atoms with Gasteiger partial charge in [0, 0.05) is 45.5 Å². The van der Waals surface area contributed by atoms with Crippen molar-refractivity contribution in [3.05, 3.63) is 18.2 Å². The fourth-order valence-electron chi connectivity index (χ4n) is 2.58. The molecule has 0 aliphatic rings. The van der Waals surface area contributed by atoms with Crippen molar-refractivity contribution in [2.24, 2.45) is 12.0 Å². The molecule has 0 aromatic carbocycles. The summed E-state index contributed by atoms with van der Waals surface area (Å²) in [6.07, 6.45) is 1.50. The van der Waals surface area contributed by atoms with Gasteiger partial charge in [-0.1, -0.05) is 26.2 Å². The van der Waals surface area contributed by atoms with Crippen molar-refractivity contribution in [2.75, 3.05) is 19.6 Å². The second-order valence-corrected chi connectivity index (χ2v) is 6.22. The molecule has 1 atom stereocenters. The summed E-state index contributed by atoms with van der Waals surface area (Å²) in [6, 6.07) is 0. The number of aromatic nitrogens is 2. The fourth-order valence-corrected chi connectivity index (χ4v) is 2.58. The summed E-state index contributed by atoms with van der Waals surface area (Å²) in [5.74, 6) is 0.0293. The lowest BCUT2D eigenvalue weighted by Crippen LogP contribution is -2.48. The van der Waals surface area contributed by atoms with Gasteiger partial charge in [0.25, 0.3) is 0 Å². The maximum absolute atomic E-state index is 13.5. The Labute approximate surface area is 152 Å². The van der Waals surface area contributed by atoms with Gasteiger partial charge < -0.3 is 20.3 Å². The number of hydrogen-bond donors (Lipinski definition) is 3. The largest absolute Gasteiger partial charge is 0.424 e. The molecule has 0 radical (unpaired) electrons. The highest BCUT2D eigenvalue weighted by Crippen LogP contribution is 2.40. The minimum atomic E-state index is -4.83. The van der Waals surface area contributed by atoms with E-state index in [0.717, 1.165) is 25.7 Å². The lowest BCUT2D eigenvalue weighted by molar-refractivity contribution is -0.272. The molecule has 0 aliphatic heterocycles. The highest BCUT2D eigenvalue weighted by atomic mass is 19.4. The highest BCUT2D eigenvalue weighted by Gasteiger charge is 2.57. The molecule has 0 saturated heterocycles. The van der Waals surface area contributed by atoms with Crippen LogP contribution in [0.15, 0.2) is 17.4 Å². The molecule has 1 unspecified atom stereocenters. The molecule has 1 heterocycles. The summed E-state index contributed by atoms with van der Waals surface area (Å²) in [4.78, 5) is 8.04. The molecule has 6 nitrogen and oxygen atoms in total. The number of rotatable bonds is 10. The zero-order valence-electron chi connectivity index (χ0n) is 15.7. The Morgan fingerprint density at radius 3 is 2.50 bits per heavy atom. The summed E-state index contributed by atoms with van der Waals surface area (Å²) < 4.78 is 41.6. The highest BCUT2D eigenvalue weighted by molar-refractivity contribution is 5.79. The van der Waals surface area contributed by atoms with E-state index in [1.54, 1.807) is 0 Å². The van der Waals surface area contributed by atoms with Crippen molar-refractivity contribution in [1.29, 1.82) is 0 Å². The van der Waals surface area contributed by atoms with Gasteiger partial charge in [0.1, 0.15) is 5.82 Å². The molecular formula is C17H30F3N5O. The Morgan fingerprint density at radius 1 is 1.23 bits per heavy atom. The standard InChI is InChI=1S/C17H30F3N5O/c1-4-6-7-8-10-23-15(21-5-2)24-11-9-16(26,17(18,19)20)14-22-12-13-25(14)3/h12-13,26H,4-11H2,1-3H3,(H2,21,23,24). The number of aliphatic imine (C=N–C) groups is 1. The maximum atomic E-state index is 13.5. The average Bonchev–Trinajstić information content (AvgIpc) is 3.00. The van der Waals surface area contributed by atoms with Crippen molar-refractivity contribution in [3.63, 3.8) is 0 Å². The smallest absolute Gasteiger partial charge is 0.374 e. The number of nitrogens with zero attached hydrogens (tertiary/aromatic N) is 3. The first-order valence-corrected chi connectivity index (χ1v) is 9.05. The van der Waals surface area contributed by atoms with Crippen LogP contribution in [0.5, 0.6) is 0 Å². The van der Waals surface area contributed by atoms with Crippen LogP contribution in [0.2, 0.25) is 0 Å². The van der Waals surface area contributed by atoms with E-state index in [0.29, 0.717) is 19.0 Å². The topological polar surface area (TPSA) is 74.5 Å². The van der Waals surface area contributed by atoms with Crippen LogP contribution >= 0.6 is 0 Å². The number of hydrogen-bond acceptors (Lipinski definition) is 3. The van der Waals surface area contributed by atoms with Gasteiger partial charge in [-0.25, -0.2) is 4.98 Å². The van der Waals surface area contributed by atoms with E-state index in [2.05, 4.69) is 27.5 Å². The van der Waals surface area contributed by atoms with Crippen LogP contribution in [-0.4, -0.2) is 46.4 Å². The van der Waals surface area contributed by atoms with Crippen molar-refractivity contribution in [2.45, 2.75) is 57.7 Å². The van der Waals surface area contributed by atoms with E-state index in [9.17, 15) is 18.3 Å². The third-order valence-electron chi connectivity index (χ3n) is 4.07. The lowest BCUT2D eigenvalue weighted by atomic mass is 9.97. The molecule has 0 aliphatic carbocycles. The van der Waals surface area contributed by atoms with E-state index in [-0.39, 0.29) is 6.54 Å². The molecule has 9 heteroatoms. The van der Waals surface area contributed by atoms with E-state index in [1.165, 1.54) is 24.0 Å². The number of aliphatic hydroxyl groups is 1. The second kappa shape index (κ2) is 10.4. The molecule has 3 N–H and O–H groups in total. The first kappa shape index (κ1) is 22.3. The molecule has 0 bridgehead atoms. The van der Waals surface area contributed by atoms with Gasteiger partial charge in [-0.2, -0.15) is 13.2 Å². The molecule has 0 saturated carbocycles. The van der Waals surface area contributed by atoms with Crippen molar-refractivity contribution >= 4 is 5.96 Å². The van der Waals surface area contributed by atoms with Gasteiger partial charge in [-0.05, 0) is 13.3 Å². The average molecular weight is 377 g/mol. The van der Waals surface area contributed by atoms with Gasteiger partial charge >= 0.3 is 6.18 Å². The summed E-state index contributed by atoms with van der Waals surface area (Å²) in [7, 11) is 1.42. The van der Waals surface area contributed by atoms with Gasteiger partial charge in [-0.3, -0.25) is 4.99 Å². The van der Waals surface area contributed by atoms with Gasteiger partial charge in [0.05, 0.1) is 0 Å². The predicted molar refractivity (Wildman–Crippen MR) is 95.9 cm³/mol. The minimum Gasteiger partial charge on any atom is -0.374 e. The Morgan fingerprint density at radius 2 is 1.96 bits per heavy atom. The van der Waals surface area contributed by atoms with Crippen LogP contribution in [0.4, 0.5) is 13.2 Å². The second-order valence-electron chi connectivity index (χ2n) is 6.22. The van der Waals surface area contributed by atoms with Crippen LogP contribution < -0.4 is 10.6 Å². The van der Waals surface area contributed by atoms with Crippen molar-refractivity contribution in [1.82, 2.24) is 20.2 Å². The Balaban J connectivity index is 2.70. The summed E-state index contributed by atoms with van der Waals surface area (Å²) in [5, 5.41) is 16.2. The molecule has 26 heavy (non-hydrogen) atoms. The van der Waals surface area contributed by atoms with Crippen molar-refractivity contribution < 1.29 is 18.3 Å². The van der Waals surface area contributed by atoms with Crippen LogP contribution in [0, 0.1) is 0 Å². The van der Waals surface area contributed by atoms with E-state index in [4.69, 9.17) is 0 Å². The first-order valence-electron chi connectivity index (χ1n) is 9.05. The molecular weight excluding hydrogens is 347 g/mol. The molecule has 150 valence electrons. The Hall–Kier alpha value is -1.77. The zero-order valence-corrected chi connectivity index (χ0v) is 15.7. The summed E-state index contributed by atoms with van der Waals surface area (Å²) in [6.45, 7) is 5.12. The number of halogens is 3. The SMILES string of the molecule is CCCCCCN=C(NCC)NCCC(O)(c1nccn1C)C(F)(F)F. The number of nitrogens with one attached hydrogen (secondary N) is 2. The third-order valence-corrected chi connectivity index (χ3v) is 4.07. The fraction of sp³-hybridized carbons (Fsp3) is 0.765. The van der Waals surface area contributed by atoms with Crippen LogP contribution in [0.3, 0.4) is 0 Å². The van der Waals surface area contributed by atoms with Crippen LogP contribution in [-0.2, 0) is 12.6 Å². The molecule has 0 spiro atoms. The Bertz CT molecular complexity index is 559. The minimum absolute atomic E-state index is 0.0936.